The second-order valence-corrected chi connectivity index (χ2v) is 8.25. The van der Waals surface area contributed by atoms with Gasteiger partial charge < -0.3 is 15.4 Å². The molecule has 1 aliphatic rings. The van der Waals surface area contributed by atoms with Gasteiger partial charge in [-0.3, -0.25) is 14.4 Å². The number of esters is 1. The molecule has 0 aliphatic carbocycles. The Bertz CT molecular complexity index is 1380. The van der Waals surface area contributed by atoms with Crippen molar-refractivity contribution in [3.63, 3.8) is 0 Å². The average molecular weight is 504 g/mol. The fourth-order valence-corrected chi connectivity index (χ4v) is 3.81. The minimum atomic E-state index is -0.608. The van der Waals surface area contributed by atoms with Crippen molar-refractivity contribution in [1.29, 1.82) is 0 Å². The SMILES string of the molecule is CCOC(=O)c1ccc(NC(=O)c2ccc(NC3=C(Cl)C(=O)N(c4ccccc4C)C3=O)cc2)cc1. The maximum absolute atomic E-state index is 13.0. The van der Waals surface area contributed by atoms with E-state index in [1.54, 1.807) is 80.6 Å². The molecule has 3 amide bonds. The number of carbonyl (C=O) groups excluding carboxylic acids is 4. The van der Waals surface area contributed by atoms with Gasteiger partial charge in [-0.25, -0.2) is 9.69 Å². The molecule has 2 N–H and O–H groups in total. The number of benzene rings is 3. The summed E-state index contributed by atoms with van der Waals surface area (Å²) in [5.74, 6) is -1.96. The van der Waals surface area contributed by atoms with Crippen molar-refractivity contribution in [3.8, 4) is 0 Å². The summed E-state index contributed by atoms with van der Waals surface area (Å²) in [6.45, 7) is 3.80. The summed E-state index contributed by atoms with van der Waals surface area (Å²) in [4.78, 5) is 51.0. The summed E-state index contributed by atoms with van der Waals surface area (Å²) >= 11 is 6.20. The van der Waals surface area contributed by atoms with Crippen LogP contribution in [-0.2, 0) is 14.3 Å². The van der Waals surface area contributed by atoms with Crippen LogP contribution in [0.25, 0.3) is 0 Å². The number of imide groups is 1. The topological polar surface area (TPSA) is 105 Å². The molecule has 0 spiro atoms. The zero-order valence-corrected chi connectivity index (χ0v) is 20.3. The molecule has 1 aliphatic heterocycles. The summed E-state index contributed by atoms with van der Waals surface area (Å²) < 4.78 is 4.94. The molecule has 9 heteroatoms. The van der Waals surface area contributed by atoms with E-state index in [4.69, 9.17) is 16.3 Å². The molecule has 0 saturated heterocycles. The maximum Gasteiger partial charge on any atom is 0.338 e. The molecule has 3 aromatic rings. The van der Waals surface area contributed by atoms with Crippen molar-refractivity contribution >= 4 is 52.4 Å². The van der Waals surface area contributed by atoms with Crippen LogP contribution in [0.15, 0.2) is 83.5 Å². The summed E-state index contributed by atoms with van der Waals surface area (Å²) in [5.41, 5.74) is 2.93. The van der Waals surface area contributed by atoms with Gasteiger partial charge in [-0.2, -0.15) is 0 Å². The lowest BCUT2D eigenvalue weighted by Crippen LogP contribution is -2.32. The predicted molar refractivity (Wildman–Crippen MR) is 137 cm³/mol. The number of carbonyl (C=O) groups is 4. The van der Waals surface area contributed by atoms with Gasteiger partial charge in [0.2, 0.25) is 0 Å². The number of ether oxygens (including phenoxy) is 1. The van der Waals surface area contributed by atoms with E-state index in [-0.39, 0.29) is 23.2 Å². The third-order valence-corrected chi connectivity index (χ3v) is 5.80. The van der Waals surface area contributed by atoms with E-state index in [2.05, 4.69) is 10.6 Å². The minimum Gasteiger partial charge on any atom is -0.462 e. The van der Waals surface area contributed by atoms with Crippen LogP contribution >= 0.6 is 11.6 Å². The lowest BCUT2D eigenvalue weighted by atomic mass is 10.1. The molecule has 0 aromatic heterocycles. The van der Waals surface area contributed by atoms with Crippen LogP contribution in [0.3, 0.4) is 0 Å². The van der Waals surface area contributed by atoms with Crippen LogP contribution in [0.4, 0.5) is 17.1 Å². The summed E-state index contributed by atoms with van der Waals surface area (Å²) in [6.07, 6.45) is 0. The third kappa shape index (κ3) is 4.99. The lowest BCUT2D eigenvalue weighted by Gasteiger charge is -2.17. The fourth-order valence-electron chi connectivity index (χ4n) is 3.60. The highest BCUT2D eigenvalue weighted by molar-refractivity contribution is 6.53. The van der Waals surface area contributed by atoms with Gasteiger partial charge in [0, 0.05) is 16.9 Å². The van der Waals surface area contributed by atoms with Gasteiger partial charge in [-0.15, -0.1) is 0 Å². The Balaban J connectivity index is 1.43. The molecule has 36 heavy (non-hydrogen) atoms. The number of rotatable bonds is 7. The van der Waals surface area contributed by atoms with Crippen molar-refractivity contribution in [2.45, 2.75) is 13.8 Å². The molecule has 8 nitrogen and oxygen atoms in total. The molecule has 0 unspecified atom stereocenters. The molecular formula is C27H22ClN3O5. The van der Waals surface area contributed by atoms with Gasteiger partial charge in [0.1, 0.15) is 10.7 Å². The Kier molecular flexibility index (Phi) is 7.17. The highest BCUT2D eigenvalue weighted by Gasteiger charge is 2.39. The zero-order valence-electron chi connectivity index (χ0n) is 19.5. The maximum atomic E-state index is 13.0. The molecule has 0 atom stereocenters. The Morgan fingerprint density at radius 1 is 0.861 bits per heavy atom. The van der Waals surface area contributed by atoms with Crippen molar-refractivity contribution in [2.75, 3.05) is 22.1 Å². The van der Waals surface area contributed by atoms with E-state index in [9.17, 15) is 19.2 Å². The molecule has 0 bridgehead atoms. The number of hydrogen-bond donors (Lipinski definition) is 2. The van der Waals surface area contributed by atoms with E-state index >= 15 is 0 Å². The summed E-state index contributed by atoms with van der Waals surface area (Å²) in [5, 5.41) is 5.43. The first-order valence-corrected chi connectivity index (χ1v) is 11.5. The number of anilines is 3. The Labute approximate surface area is 212 Å². The highest BCUT2D eigenvalue weighted by Crippen LogP contribution is 2.31. The highest BCUT2D eigenvalue weighted by atomic mass is 35.5. The zero-order chi connectivity index (χ0) is 25.8. The van der Waals surface area contributed by atoms with Crippen molar-refractivity contribution in [3.05, 3.63) is 100 Å². The Morgan fingerprint density at radius 3 is 2.11 bits per heavy atom. The second kappa shape index (κ2) is 10.5. The predicted octanol–water partition coefficient (Wildman–Crippen LogP) is 4.86. The number of amides is 3. The first-order chi connectivity index (χ1) is 17.3. The van der Waals surface area contributed by atoms with Crippen molar-refractivity contribution in [2.24, 2.45) is 0 Å². The molecule has 1 heterocycles. The van der Waals surface area contributed by atoms with Crippen molar-refractivity contribution < 1.29 is 23.9 Å². The molecule has 182 valence electrons. The monoisotopic (exact) mass is 503 g/mol. The van der Waals surface area contributed by atoms with Crippen LogP contribution in [0.5, 0.6) is 0 Å². The quantitative estimate of drug-likeness (QED) is 0.352. The van der Waals surface area contributed by atoms with Gasteiger partial charge in [-0.1, -0.05) is 29.8 Å². The van der Waals surface area contributed by atoms with Crippen LogP contribution in [0, 0.1) is 6.92 Å². The molecule has 3 aromatic carbocycles. The van der Waals surface area contributed by atoms with Crippen LogP contribution < -0.4 is 15.5 Å². The standard InChI is InChI=1S/C27H22ClN3O5/c1-3-36-27(35)18-10-14-20(15-11-18)30-24(32)17-8-12-19(13-9-17)29-23-22(28)25(33)31(26(23)34)21-7-5-4-6-16(21)2/h4-15,29H,3H2,1-2H3,(H,30,32). The minimum absolute atomic E-state index is 0.0381. The molecule has 0 saturated carbocycles. The van der Waals surface area contributed by atoms with Gasteiger partial charge in [0.05, 0.1) is 17.9 Å². The number of nitrogens with one attached hydrogen (secondary N) is 2. The van der Waals surface area contributed by atoms with Gasteiger partial charge in [0.15, 0.2) is 0 Å². The van der Waals surface area contributed by atoms with Crippen LogP contribution in [-0.4, -0.2) is 30.3 Å². The van der Waals surface area contributed by atoms with Crippen LogP contribution in [0.2, 0.25) is 0 Å². The van der Waals surface area contributed by atoms with Gasteiger partial charge in [-0.05, 0) is 74.0 Å². The second-order valence-electron chi connectivity index (χ2n) is 7.88. The number of halogens is 1. The van der Waals surface area contributed by atoms with E-state index < -0.39 is 17.8 Å². The fraction of sp³-hybridized carbons (Fsp3) is 0.111. The first kappa shape index (κ1) is 24.7. The number of nitrogens with zero attached hydrogens (tertiary/aromatic N) is 1. The van der Waals surface area contributed by atoms with Crippen LogP contribution in [0.1, 0.15) is 33.2 Å². The first-order valence-electron chi connectivity index (χ1n) is 11.1. The number of hydrogen-bond acceptors (Lipinski definition) is 6. The molecule has 0 fully saturated rings. The van der Waals surface area contributed by atoms with E-state index in [0.29, 0.717) is 28.2 Å². The Hall–Kier alpha value is -4.43. The van der Waals surface area contributed by atoms with E-state index in [1.165, 1.54) is 0 Å². The van der Waals surface area contributed by atoms with E-state index in [0.717, 1.165) is 10.5 Å². The van der Waals surface area contributed by atoms with Gasteiger partial charge >= 0.3 is 5.97 Å². The summed E-state index contributed by atoms with van der Waals surface area (Å²) in [6, 6.07) is 19.7. The molecule has 0 radical (unpaired) electrons. The average Bonchev–Trinajstić information content (AvgIpc) is 3.08. The molecule has 4 rings (SSSR count). The normalized spacial score (nSPS) is 13.1. The summed E-state index contributed by atoms with van der Waals surface area (Å²) in [7, 11) is 0. The number of aryl methyl sites for hydroxylation is 1. The van der Waals surface area contributed by atoms with Gasteiger partial charge in [0.25, 0.3) is 17.7 Å². The smallest absolute Gasteiger partial charge is 0.338 e. The van der Waals surface area contributed by atoms with E-state index in [1.807, 2.05) is 6.07 Å². The number of para-hydroxylation sites is 1. The van der Waals surface area contributed by atoms with Crippen molar-refractivity contribution in [1.82, 2.24) is 0 Å². The largest absolute Gasteiger partial charge is 0.462 e. The molecular weight excluding hydrogens is 482 g/mol. The third-order valence-electron chi connectivity index (χ3n) is 5.45. The lowest BCUT2D eigenvalue weighted by molar-refractivity contribution is -0.120. The Morgan fingerprint density at radius 2 is 1.47 bits per heavy atom.